The average Bonchev–Trinajstić information content (AvgIpc) is 3.29. The van der Waals surface area contributed by atoms with Crippen LogP contribution < -0.4 is 5.32 Å². The smallest absolute Gasteiger partial charge is 0.234 e. The molecule has 0 fully saturated rings. The van der Waals surface area contributed by atoms with Gasteiger partial charge in [-0.2, -0.15) is 0 Å². The van der Waals surface area contributed by atoms with E-state index >= 15 is 0 Å². The molecule has 154 valence electrons. The van der Waals surface area contributed by atoms with Crippen LogP contribution in [0.3, 0.4) is 0 Å². The van der Waals surface area contributed by atoms with Gasteiger partial charge in [0, 0.05) is 25.9 Å². The van der Waals surface area contributed by atoms with Gasteiger partial charge in [-0.15, -0.1) is 10.2 Å². The number of nitrogens with zero attached hydrogens (tertiary/aromatic N) is 3. The predicted molar refractivity (Wildman–Crippen MR) is 114 cm³/mol. The van der Waals surface area contributed by atoms with Crippen molar-refractivity contribution in [2.24, 2.45) is 0 Å². The van der Waals surface area contributed by atoms with Gasteiger partial charge in [-0.3, -0.25) is 4.79 Å². The Kier molecular flexibility index (Phi) is 7.11. The maximum Gasteiger partial charge on any atom is 0.234 e. The Bertz CT molecular complexity index is 980. The summed E-state index contributed by atoms with van der Waals surface area (Å²) in [5, 5.41) is 12.3. The van der Waals surface area contributed by atoms with Gasteiger partial charge in [0.25, 0.3) is 0 Å². The molecule has 8 heteroatoms. The first kappa shape index (κ1) is 21.1. The molecule has 0 aliphatic heterocycles. The molecule has 0 unspecified atom stereocenters. The summed E-state index contributed by atoms with van der Waals surface area (Å²) in [6.45, 7) is 7.22. The van der Waals surface area contributed by atoms with Crippen LogP contribution in [0, 0.1) is 20.8 Å². The normalized spacial score (nSPS) is 11.0. The van der Waals surface area contributed by atoms with Gasteiger partial charge in [0.2, 0.25) is 5.91 Å². The Balaban J connectivity index is 1.72. The lowest BCUT2D eigenvalue weighted by atomic mass is 10.1. The van der Waals surface area contributed by atoms with Gasteiger partial charge in [0.05, 0.1) is 17.6 Å². The van der Waals surface area contributed by atoms with Crippen LogP contribution in [0.25, 0.3) is 11.4 Å². The van der Waals surface area contributed by atoms with E-state index in [-0.39, 0.29) is 11.7 Å². The van der Waals surface area contributed by atoms with Gasteiger partial charge < -0.3 is 19.0 Å². The third-order valence-electron chi connectivity index (χ3n) is 4.55. The summed E-state index contributed by atoms with van der Waals surface area (Å²) in [5.74, 6) is 1.70. The van der Waals surface area contributed by atoms with Crippen molar-refractivity contribution >= 4 is 23.4 Å². The van der Waals surface area contributed by atoms with Crippen LogP contribution in [0.15, 0.2) is 40.1 Å². The summed E-state index contributed by atoms with van der Waals surface area (Å²) >= 11 is 1.37. The number of carbonyl (C=O) groups excluding carboxylic acids is 1. The average molecular weight is 415 g/mol. The first-order chi connectivity index (χ1) is 14.0. The van der Waals surface area contributed by atoms with Crippen molar-refractivity contribution in [2.75, 3.05) is 24.8 Å². The number of rotatable bonds is 9. The van der Waals surface area contributed by atoms with E-state index in [1.165, 1.54) is 11.8 Å². The number of methoxy groups -OCH3 is 1. The molecule has 2 heterocycles. The maximum atomic E-state index is 12.5. The minimum atomic E-state index is -0.0730. The van der Waals surface area contributed by atoms with Crippen LogP contribution in [0.2, 0.25) is 0 Å². The molecule has 0 atom stereocenters. The molecular formula is C21H26N4O3S. The summed E-state index contributed by atoms with van der Waals surface area (Å²) in [6, 6.07) is 7.89. The Hall–Kier alpha value is -2.58. The monoisotopic (exact) mass is 414 g/mol. The van der Waals surface area contributed by atoms with E-state index in [0.29, 0.717) is 18.3 Å². The second-order valence-corrected chi connectivity index (χ2v) is 7.79. The third-order valence-corrected chi connectivity index (χ3v) is 5.51. The van der Waals surface area contributed by atoms with E-state index in [4.69, 9.17) is 9.15 Å². The first-order valence-corrected chi connectivity index (χ1v) is 10.4. The van der Waals surface area contributed by atoms with Gasteiger partial charge in [-0.1, -0.05) is 23.9 Å². The SMILES string of the molecule is COCCCn1c(SCC(=O)Nc2cc(C)ccc2C)nnc1-c1ccoc1C. The Morgan fingerprint density at radius 3 is 2.79 bits per heavy atom. The van der Waals surface area contributed by atoms with Crippen LogP contribution >= 0.6 is 11.8 Å². The lowest BCUT2D eigenvalue weighted by Crippen LogP contribution is -2.15. The van der Waals surface area contributed by atoms with E-state index in [1.54, 1.807) is 13.4 Å². The topological polar surface area (TPSA) is 82.2 Å². The van der Waals surface area contributed by atoms with Crippen molar-refractivity contribution in [1.29, 1.82) is 0 Å². The summed E-state index contributed by atoms with van der Waals surface area (Å²) in [5.41, 5.74) is 3.89. The molecule has 0 aliphatic rings. The molecule has 0 aliphatic carbocycles. The van der Waals surface area contributed by atoms with Gasteiger partial charge in [-0.25, -0.2) is 0 Å². The fourth-order valence-electron chi connectivity index (χ4n) is 2.97. The Morgan fingerprint density at radius 1 is 1.24 bits per heavy atom. The molecule has 0 spiro atoms. The molecule has 1 amide bonds. The maximum absolute atomic E-state index is 12.5. The van der Waals surface area contributed by atoms with Gasteiger partial charge in [-0.05, 0) is 50.5 Å². The zero-order valence-electron chi connectivity index (χ0n) is 17.2. The zero-order chi connectivity index (χ0) is 20.8. The van der Waals surface area contributed by atoms with E-state index in [0.717, 1.165) is 40.4 Å². The number of hydrogen-bond acceptors (Lipinski definition) is 6. The fraction of sp³-hybridized carbons (Fsp3) is 0.381. The molecular weight excluding hydrogens is 388 g/mol. The molecule has 3 rings (SSSR count). The fourth-order valence-corrected chi connectivity index (χ4v) is 3.73. The molecule has 0 radical (unpaired) electrons. The van der Waals surface area contributed by atoms with Crippen molar-refractivity contribution in [2.45, 2.75) is 38.9 Å². The van der Waals surface area contributed by atoms with E-state index in [9.17, 15) is 4.79 Å². The van der Waals surface area contributed by atoms with Crippen LogP contribution in [0.1, 0.15) is 23.3 Å². The summed E-state index contributed by atoms with van der Waals surface area (Å²) in [6.07, 6.45) is 2.46. The van der Waals surface area contributed by atoms with Gasteiger partial charge >= 0.3 is 0 Å². The highest BCUT2D eigenvalue weighted by molar-refractivity contribution is 7.99. The number of aromatic nitrogens is 3. The second-order valence-electron chi connectivity index (χ2n) is 6.85. The standard InChI is InChI=1S/C21H26N4O3S/c1-14-6-7-15(2)18(12-14)22-19(26)13-29-21-24-23-20(17-8-11-28-16(17)3)25(21)9-5-10-27-4/h6-8,11-12H,5,9-10,13H2,1-4H3,(H,22,26). The number of benzene rings is 1. The van der Waals surface area contributed by atoms with Gasteiger partial charge in [0.15, 0.2) is 11.0 Å². The highest BCUT2D eigenvalue weighted by Gasteiger charge is 2.18. The number of anilines is 1. The number of furan rings is 1. The van der Waals surface area contributed by atoms with Crippen LogP contribution in [-0.4, -0.2) is 40.1 Å². The van der Waals surface area contributed by atoms with Crippen molar-refractivity contribution in [3.05, 3.63) is 47.4 Å². The summed E-state index contributed by atoms with van der Waals surface area (Å²) in [7, 11) is 1.68. The zero-order valence-corrected chi connectivity index (χ0v) is 18.0. The number of aryl methyl sites for hydroxylation is 3. The second kappa shape index (κ2) is 9.76. The van der Waals surface area contributed by atoms with E-state index in [2.05, 4.69) is 15.5 Å². The van der Waals surface area contributed by atoms with E-state index < -0.39 is 0 Å². The molecule has 0 saturated heterocycles. The Labute approximate surface area is 174 Å². The van der Waals surface area contributed by atoms with Crippen molar-refractivity contribution < 1.29 is 13.9 Å². The Morgan fingerprint density at radius 2 is 2.07 bits per heavy atom. The number of thioether (sulfide) groups is 1. The molecule has 2 aromatic heterocycles. The first-order valence-electron chi connectivity index (χ1n) is 9.46. The lowest BCUT2D eigenvalue weighted by Gasteiger charge is -2.11. The minimum Gasteiger partial charge on any atom is -0.469 e. The lowest BCUT2D eigenvalue weighted by molar-refractivity contribution is -0.113. The molecule has 1 N–H and O–H groups in total. The molecule has 0 bridgehead atoms. The van der Waals surface area contributed by atoms with Crippen LogP contribution in [0.4, 0.5) is 5.69 Å². The quantitative estimate of drug-likeness (QED) is 0.417. The van der Waals surface area contributed by atoms with Crippen molar-refractivity contribution in [3.63, 3.8) is 0 Å². The predicted octanol–water partition coefficient (Wildman–Crippen LogP) is 4.23. The number of ether oxygens (including phenoxy) is 1. The number of hydrogen-bond donors (Lipinski definition) is 1. The summed E-state index contributed by atoms with van der Waals surface area (Å²) < 4.78 is 12.6. The van der Waals surface area contributed by atoms with Gasteiger partial charge in [0.1, 0.15) is 5.76 Å². The number of nitrogens with one attached hydrogen (secondary N) is 1. The minimum absolute atomic E-state index is 0.0730. The molecule has 3 aromatic rings. The van der Waals surface area contributed by atoms with Crippen molar-refractivity contribution in [1.82, 2.24) is 14.8 Å². The van der Waals surface area contributed by atoms with Crippen LogP contribution in [0.5, 0.6) is 0 Å². The third kappa shape index (κ3) is 5.27. The number of amides is 1. The van der Waals surface area contributed by atoms with Crippen LogP contribution in [-0.2, 0) is 16.1 Å². The molecule has 1 aromatic carbocycles. The molecule has 7 nitrogen and oxygen atoms in total. The number of carbonyl (C=O) groups is 1. The summed E-state index contributed by atoms with van der Waals surface area (Å²) in [4.78, 5) is 12.5. The molecule has 0 saturated carbocycles. The van der Waals surface area contributed by atoms with E-state index in [1.807, 2.05) is 49.6 Å². The molecule has 29 heavy (non-hydrogen) atoms. The van der Waals surface area contributed by atoms with Crippen molar-refractivity contribution in [3.8, 4) is 11.4 Å². The highest BCUT2D eigenvalue weighted by Crippen LogP contribution is 2.27. The highest BCUT2D eigenvalue weighted by atomic mass is 32.2. The largest absolute Gasteiger partial charge is 0.469 e.